The van der Waals surface area contributed by atoms with Crippen molar-refractivity contribution >= 4 is 11.3 Å². The number of rotatable bonds is 1. The van der Waals surface area contributed by atoms with Gasteiger partial charge in [0.25, 0.3) is 0 Å². The second kappa shape index (κ2) is 4.17. The van der Waals surface area contributed by atoms with Gasteiger partial charge in [-0.15, -0.1) is 0 Å². The lowest BCUT2D eigenvalue weighted by Crippen LogP contribution is -2.10. The molecule has 4 nitrogen and oxygen atoms in total. The summed E-state index contributed by atoms with van der Waals surface area (Å²) < 4.78 is 0. The molecule has 3 N–H and O–H groups in total. The van der Waals surface area contributed by atoms with Crippen molar-refractivity contribution in [3.8, 4) is 11.6 Å². The molecule has 1 aromatic carbocycles. The molecular formula is C13H13NO3S. The highest BCUT2D eigenvalue weighted by atomic mass is 32.1. The van der Waals surface area contributed by atoms with Gasteiger partial charge in [0.2, 0.25) is 5.88 Å². The Balaban J connectivity index is 2.11. The third-order valence-electron chi connectivity index (χ3n) is 3.41. The van der Waals surface area contributed by atoms with E-state index in [1.165, 1.54) is 0 Å². The Hall–Kier alpha value is -1.75. The van der Waals surface area contributed by atoms with Gasteiger partial charge in [-0.25, -0.2) is 0 Å². The minimum Gasteiger partial charge on any atom is -0.508 e. The maximum absolute atomic E-state index is 11.3. The van der Waals surface area contributed by atoms with E-state index in [0.29, 0.717) is 4.88 Å². The van der Waals surface area contributed by atoms with Gasteiger partial charge >= 0.3 is 4.87 Å². The van der Waals surface area contributed by atoms with Crippen LogP contribution in [-0.2, 0) is 6.42 Å². The topological polar surface area (TPSA) is 73.3 Å². The van der Waals surface area contributed by atoms with Crippen LogP contribution < -0.4 is 4.87 Å². The largest absolute Gasteiger partial charge is 0.508 e. The van der Waals surface area contributed by atoms with E-state index in [4.69, 9.17) is 0 Å². The molecule has 0 amide bonds. The summed E-state index contributed by atoms with van der Waals surface area (Å²) in [7, 11) is 0. The number of H-pyrrole nitrogens is 1. The van der Waals surface area contributed by atoms with Crippen LogP contribution in [0.5, 0.6) is 11.6 Å². The predicted molar refractivity (Wildman–Crippen MR) is 69.5 cm³/mol. The highest BCUT2D eigenvalue weighted by Crippen LogP contribution is 2.41. The zero-order valence-electron chi connectivity index (χ0n) is 9.64. The molecule has 0 fully saturated rings. The summed E-state index contributed by atoms with van der Waals surface area (Å²) in [5, 5.41) is 19.3. The van der Waals surface area contributed by atoms with Crippen LogP contribution in [0.4, 0.5) is 0 Å². The van der Waals surface area contributed by atoms with Gasteiger partial charge < -0.3 is 10.2 Å². The average Bonchev–Trinajstić information content (AvgIpc) is 2.67. The van der Waals surface area contributed by atoms with E-state index in [1.54, 1.807) is 12.1 Å². The fraction of sp³-hybridized carbons (Fsp3) is 0.308. The summed E-state index contributed by atoms with van der Waals surface area (Å²) in [5.41, 5.74) is 2.20. The first-order valence-corrected chi connectivity index (χ1v) is 6.70. The number of hydrogen-bond acceptors (Lipinski definition) is 4. The molecule has 0 spiro atoms. The van der Waals surface area contributed by atoms with Crippen molar-refractivity contribution in [1.82, 2.24) is 4.98 Å². The number of phenolic OH excluding ortho intramolecular Hbond substituents is 1. The average molecular weight is 263 g/mol. The first kappa shape index (κ1) is 11.3. The first-order chi connectivity index (χ1) is 8.65. The van der Waals surface area contributed by atoms with E-state index in [2.05, 4.69) is 4.98 Å². The lowest BCUT2D eigenvalue weighted by atomic mass is 9.82. The van der Waals surface area contributed by atoms with Crippen LogP contribution in [0.2, 0.25) is 0 Å². The molecule has 0 saturated heterocycles. The fourth-order valence-corrected chi connectivity index (χ4v) is 3.52. The number of aromatic amines is 1. The summed E-state index contributed by atoms with van der Waals surface area (Å²) in [6, 6.07) is 5.32. The van der Waals surface area contributed by atoms with E-state index in [1.807, 2.05) is 6.07 Å². The second-order valence-corrected chi connectivity index (χ2v) is 5.57. The van der Waals surface area contributed by atoms with Gasteiger partial charge in [0.05, 0.1) is 4.88 Å². The van der Waals surface area contributed by atoms with Crippen LogP contribution in [0, 0.1) is 0 Å². The molecule has 18 heavy (non-hydrogen) atoms. The van der Waals surface area contributed by atoms with E-state index in [-0.39, 0.29) is 22.4 Å². The first-order valence-electron chi connectivity index (χ1n) is 5.89. The SMILES string of the molecule is O=c1[nH]c(O)c([C@@H]2CCCc3cc(O)ccc32)s1. The molecule has 0 radical (unpaired) electrons. The van der Waals surface area contributed by atoms with Crippen LogP contribution in [0.1, 0.15) is 34.8 Å². The highest BCUT2D eigenvalue weighted by molar-refractivity contribution is 7.09. The number of aromatic hydroxyl groups is 2. The molecule has 5 heteroatoms. The molecule has 1 atom stereocenters. The van der Waals surface area contributed by atoms with Crippen molar-refractivity contribution in [3.05, 3.63) is 43.9 Å². The molecule has 2 aromatic rings. The summed E-state index contributed by atoms with van der Waals surface area (Å²) in [5.74, 6) is 0.301. The summed E-state index contributed by atoms with van der Waals surface area (Å²) >= 11 is 1.07. The number of fused-ring (bicyclic) bond motifs is 1. The fourth-order valence-electron chi connectivity index (χ4n) is 2.64. The van der Waals surface area contributed by atoms with Gasteiger partial charge in [0, 0.05) is 5.92 Å². The van der Waals surface area contributed by atoms with E-state index in [0.717, 1.165) is 41.7 Å². The molecule has 0 saturated carbocycles. The molecule has 0 unspecified atom stereocenters. The number of thiazole rings is 1. The van der Waals surface area contributed by atoms with Crippen LogP contribution in [-0.4, -0.2) is 15.2 Å². The van der Waals surface area contributed by atoms with Crippen molar-refractivity contribution in [3.63, 3.8) is 0 Å². The van der Waals surface area contributed by atoms with Crippen LogP contribution in [0.15, 0.2) is 23.0 Å². The predicted octanol–water partition coefficient (Wildman–Crippen LogP) is 2.32. The normalized spacial score (nSPS) is 18.6. The second-order valence-electron chi connectivity index (χ2n) is 4.56. The molecule has 0 aliphatic heterocycles. The molecular weight excluding hydrogens is 250 g/mol. The summed E-state index contributed by atoms with van der Waals surface area (Å²) in [4.78, 5) is 14.2. The van der Waals surface area contributed by atoms with Gasteiger partial charge in [0.15, 0.2) is 0 Å². The molecule has 1 aliphatic rings. The molecule has 94 valence electrons. The van der Waals surface area contributed by atoms with E-state index >= 15 is 0 Å². The number of benzene rings is 1. The smallest absolute Gasteiger partial charge is 0.307 e. The Morgan fingerprint density at radius 1 is 1.33 bits per heavy atom. The zero-order valence-corrected chi connectivity index (χ0v) is 10.5. The lowest BCUT2D eigenvalue weighted by molar-refractivity contribution is 0.443. The maximum atomic E-state index is 11.3. The molecule has 1 heterocycles. The van der Waals surface area contributed by atoms with Crippen LogP contribution in [0.3, 0.4) is 0 Å². The number of nitrogens with one attached hydrogen (secondary N) is 1. The Morgan fingerprint density at radius 3 is 2.89 bits per heavy atom. The minimum atomic E-state index is -0.228. The van der Waals surface area contributed by atoms with Gasteiger partial charge in [-0.3, -0.25) is 9.78 Å². The van der Waals surface area contributed by atoms with Gasteiger partial charge in [-0.2, -0.15) is 0 Å². The van der Waals surface area contributed by atoms with Crippen molar-refractivity contribution in [1.29, 1.82) is 0 Å². The van der Waals surface area contributed by atoms with Gasteiger partial charge in [-0.1, -0.05) is 17.4 Å². The monoisotopic (exact) mass is 263 g/mol. The molecule has 1 aliphatic carbocycles. The number of aromatic nitrogens is 1. The van der Waals surface area contributed by atoms with Crippen molar-refractivity contribution in [2.75, 3.05) is 0 Å². The number of aryl methyl sites for hydroxylation is 1. The standard InChI is InChI=1S/C13H13NO3S/c15-8-4-5-9-7(6-8)2-1-3-10(9)11-12(16)14-13(17)18-11/h4-6,10,15-16H,1-3H2,(H,14,17)/t10-/m1/s1. The van der Waals surface area contributed by atoms with Crippen molar-refractivity contribution < 1.29 is 10.2 Å². The molecule has 0 bridgehead atoms. The molecule has 3 rings (SSSR count). The van der Waals surface area contributed by atoms with Crippen LogP contribution >= 0.6 is 11.3 Å². The third kappa shape index (κ3) is 1.80. The quantitative estimate of drug-likeness (QED) is 0.739. The number of hydrogen-bond donors (Lipinski definition) is 3. The van der Waals surface area contributed by atoms with Crippen molar-refractivity contribution in [2.45, 2.75) is 25.2 Å². The molecule has 1 aromatic heterocycles. The highest BCUT2D eigenvalue weighted by Gasteiger charge is 2.26. The number of phenols is 1. The maximum Gasteiger partial charge on any atom is 0.307 e. The minimum absolute atomic E-state index is 0.0177. The van der Waals surface area contributed by atoms with Gasteiger partial charge in [-0.05, 0) is 42.5 Å². The summed E-state index contributed by atoms with van der Waals surface area (Å²) in [6.07, 6.45) is 2.84. The third-order valence-corrected chi connectivity index (χ3v) is 4.40. The van der Waals surface area contributed by atoms with E-state index < -0.39 is 0 Å². The summed E-state index contributed by atoms with van der Waals surface area (Å²) in [6.45, 7) is 0. The van der Waals surface area contributed by atoms with Crippen LogP contribution in [0.25, 0.3) is 0 Å². The van der Waals surface area contributed by atoms with Gasteiger partial charge in [0.1, 0.15) is 5.75 Å². The Labute approximate surface area is 108 Å². The van der Waals surface area contributed by atoms with Crippen molar-refractivity contribution in [2.24, 2.45) is 0 Å². The Kier molecular flexibility index (Phi) is 2.63. The van der Waals surface area contributed by atoms with E-state index in [9.17, 15) is 15.0 Å². The zero-order chi connectivity index (χ0) is 12.7. The Bertz CT molecular complexity index is 644. The lowest BCUT2D eigenvalue weighted by Gasteiger charge is -2.24. The Morgan fingerprint density at radius 2 is 2.17 bits per heavy atom.